The van der Waals surface area contributed by atoms with Gasteiger partial charge in [0.15, 0.2) is 15.6 Å². The number of para-hydroxylation sites is 2. The third kappa shape index (κ3) is 5.51. The van der Waals surface area contributed by atoms with Crippen molar-refractivity contribution in [1.82, 2.24) is 5.01 Å². The van der Waals surface area contributed by atoms with E-state index in [-0.39, 0.29) is 36.0 Å². The van der Waals surface area contributed by atoms with Gasteiger partial charge in [-0.05, 0) is 49.7 Å². The maximum absolute atomic E-state index is 12.9. The lowest BCUT2D eigenvalue weighted by molar-refractivity contribution is -0.133. The summed E-state index contributed by atoms with van der Waals surface area (Å²) >= 11 is 0. The number of hydrazone groups is 1. The van der Waals surface area contributed by atoms with Gasteiger partial charge in [0.1, 0.15) is 17.2 Å². The summed E-state index contributed by atoms with van der Waals surface area (Å²) in [6.07, 6.45) is 0.612. The Hall–Kier alpha value is -3.40. The normalized spacial score (nSPS) is 19.7. The number of rotatable bonds is 7. The number of carbonyl (C=O) groups excluding carboxylic acids is 2. The second-order valence-corrected chi connectivity index (χ2v) is 10.0. The first-order valence-corrected chi connectivity index (χ1v) is 12.6. The van der Waals surface area contributed by atoms with Gasteiger partial charge in [-0.3, -0.25) is 9.59 Å². The molecule has 1 saturated heterocycles. The van der Waals surface area contributed by atoms with Gasteiger partial charge >= 0.3 is 0 Å². The Morgan fingerprint density at radius 1 is 1.12 bits per heavy atom. The fourth-order valence-electron chi connectivity index (χ4n) is 3.74. The van der Waals surface area contributed by atoms with Gasteiger partial charge in [0.2, 0.25) is 5.91 Å². The minimum absolute atomic E-state index is 0.0226. The summed E-state index contributed by atoms with van der Waals surface area (Å²) in [5.41, 5.74) is 0.626. The monoisotopic (exact) mass is 471 g/mol. The summed E-state index contributed by atoms with van der Waals surface area (Å²) in [5, 5.41) is 8.19. The zero-order valence-corrected chi connectivity index (χ0v) is 19.0. The fraction of sp³-hybridized carbons (Fsp3) is 0.348. The Kier molecular flexibility index (Phi) is 6.64. The SMILES string of the molecule is CCOc1ccc(Oc2ccccc2NC(=O)C2=NN([C@@H]3CCS(=O)(=O)C3)C(=O)CC2)cc1. The molecule has 33 heavy (non-hydrogen) atoms. The zero-order chi connectivity index (χ0) is 23.4. The molecule has 1 N–H and O–H groups in total. The Morgan fingerprint density at radius 3 is 2.55 bits per heavy atom. The number of anilines is 1. The van der Waals surface area contributed by atoms with Gasteiger partial charge in [-0.1, -0.05) is 12.1 Å². The highest BCUT2D eigenvalue weighted by atomic mass is 32.2. The number of sulfone groups is 1. The van der Waals surface area contributed by atoms with Gasteiger partial charge in [0.25, 0.3) is 5.91 Å². The van der Waals surface area contributed by atoms with Crippen molar-refractivity contribution >= 4 is 33.1 Å². The number of ether oxygens (including phenoxy) is 2. The number of hydrogen-bond donors (Lipinski definition) is 1. The summed E-state index contributed by atoms with van der Waals surface area (Å²) < 4.78 is 35.0. The third-order valence-corrected chi connectivity index (χ3v) is 7.12. The van der Waals surface area contributed by atoms with Gasteiger partial charge in [-0.25, -0.2) is 13.4 Å². The van der Waals surface area contributed by atoms with Crippen LogP contribution in [0.2, 0.25) is 0 Å². The summed E-state index contributed by atoms with van der Waals surface area (Å²) in [5.74, 6) is 0.917. The predicted molar refractivity (Wildman–Crippen MR) is 123 cm³/mol. The van der Waals surface area contributed by atoms with Crippen LogP contribution < -0.4 is 14.8 Å². The van der Waals surface area contributed by atoms with E-state index in [2.05, 4.69) is 10.4 Å². The van der Waals surface area contributed by atoms with Gasteiger partial charge in [-0.15, -0.1) is 0 Å². The van der Waals surface area contributed by atoms with Gasteiger partial charge in [0, 0.05) is 12.8 Å². The van der Waals surface area contributed by atoms with Crippen molar-refractivity contribution in [3.63, 3.8) is 0 Å². The average molecular weight is 472 g/mol. The van der Waals surface area contributed by atoms with Crippen LogP contribution >= 0.6 is 0 Å². The molecule has 1 atom stereocenters. The van der Waals surface area contributed by atoms with Crippen molar-refractivity contribution < 1.29 is 27.5 Å². The van der Waals surface area contributed by atoms with Crippen LogP contribution in [0.1, 0.15) is 26.2 Å². The van der Waals surface area contributed by atoms with Crippen LogP contribution in [0.5, 0.6) is 17.2 Å². The number of hydrogen-bond acceptors (Lipinski definition) is 7. The van der Waals surface area contributed by atoms with Crippen molar-refractivity contribution in [3.05, 3.63) is 48.5 Å². The largest absolute Gasteiger partial charge is 0.494 e. The van der Waals surface area contributed by atoms with Gasteiger partial charge in [0.05, 0.1) is 29.8 Å². The molecule has 0 aromatic heterocycles. The van der Waals surface area contributed by atoms with Crippen LogP contribution in [-0.4, -0.2) is 55.1 Å². The molecule has 174 valence electrons. The fourth-order valence-corrected chi connectivity index (χ4v) is 5.43. The molecule has 10 heteroatoms. The maximum Gasteiger partial charge on any atom is 0.271 e. The lowest BCUT2D eigenvalue weighted by atomic mass is 10.1. The first kappa shape index (κ1) is 22.8. The molecule has 0 spiro atoms. The molecule has 2 amide bonds. The smallest absolute Gasteiger partial charge is 0.271 e. The minimum atomic E-state index is -3.18. The topological polar surface area (TPSA) is 114 Å². The van der Waals surface area contributed by atoms with E-state index in [1.54, 1.807) is 48.5 Å². The molecule has 2 aliphatic rings. The van der Waals surface area contributed by atoms with Crippen LogP contribution in [0.3, 0.4) is 0 Å². The first-order valence-electron chi connectivity index (χ1n) is 10.8. The number of carbonyl (C=O) groups is 2. The van der Waals surface area contributed by atoms with Crippen LogP contribution in [-0.2, 0) is 19.4 Å². The second-order valence-electron chi connectivity index (χ2n) is 7.80. The Balaban J connectivity index is 1.48. The van der Waals surface area contributed by atoms with Crippen LogP contribution in [0.4, 0.5) is 5.69 Å². The Labute approximate surface area is 192 Å². The summed E-state index contributed by atoms with van der Waals surface area (Å²) in [6.45, 7) is 2.48. The highest BCUT2D eigenvalue weighted by molar-refractivity contribution is 7.91. The van der Waals surface area contributed by atoms with E-state index in [4.69, 9.17) is 9.47 Å². The summed E-state index contributed by atoms with van der Waals surface area (Å²) in [6, 6.07) is 13.6. The molecular formula is C23H25N3O6S. The van der Waals surface area contributed by atoms with Gasteiger partial charge in [-0.2, -0.15) is 5.10 Å². The van der Waals surface area contributed by atoms with E-state index in [1.165, 1.54) is 5.01 Å². The molecule has 0 radical (unpaired) electrons. The zero-order valence-electron chi connectivity index (χ0n) is 18.2. The van der Waals surface area contributed by atoms with E-state index < -0.39 is 21.8 Å². The number of nitrogens with zero attached hydrogens (tertiary/aromatic N) is 2. The summed E-state index contributed by atoms with van der Waals surface area (Å²) in [7, 11) is -3.18. The molecule has 2 aromatic rings. The quantitative estimate of drug-likeness (QED) is 0.664. The van der Waals surface area contributed by atoms with Crippen molar-refractivity contribution in [1.29, 1.82) is 0 Å². The van der Waals surface area contributed by atoms with E-state index in [1.807, 2.05) is 6.92 Å². The third-order valence-electron chi connectivity index (χ3n) is 5.37. The molecule has 2 heterocycles. The highest BCUT2D eigenvalue weighted by Gasteiger charge is 2.37. The molecule has 2 aliphatic heterocycles. The maximum atomic E-state index is 12.9. The lowest BCUT2D eigenvalue weighted by Crippen LogP contribution is -2.42. The first-order chi connectivity index (χ1) is 15.8. The van der Waals surface area contributed by atoms with Crippen molar-refractivity contribution in [2.45, 2.75) is 32.2 Å². The minimum Gasteiger partial charge on any atom is -0.494 e. The molecule has 9 nitrogen and oxygen atoms in total. The molecule has 2 aromatic carbocycles. The Bertz CT molecular complexity index is 1180. The highest BCUT2D eigenvalue weighted by Crippen LogP contribution is 2.31. The van der Waals surface area contributed by atoms with E-state index in [9.17, 15) is 18.0 Å². The van der Waals surface area contributed by atoms with Crippen LogP contribution in [0.15, 0.2) is 53.6 Å². The molecule has 0 bridgehead atoms. The van der Waals surface area contributed by atoms with Gasteiger partial charge < -0.3 is 14.8 Å². The molecule has 0 saturated carbocycles. The summed E-state index contributed by atoms with van der Waals surface area (Å²) in [4.78, 5) is 25.2. The number of benzene rings is 2. The van der Waals surface area contributed by atoms with Crippen molar-refractivity contribution in [2.75, 3.05) is 23.4 Å². The molecular weight excluding hydrogens is 446 g/mol. The standard InChI is InChI=1S/C23H25N3O6S/c1-2-31-17-7-9-18(10-8-17)32-21-6-4-3-5-19(21)24-23(28)20-11-12-22(27)26(25-20)16-13-14-33(29,30)15-16/h3-10,16H,2,11-15H2,1H3,(H,24,28)/t16-/m1/s1. The Morgan fingerprint density at radius 2 is 1.85 bits per heavy atom. The lowest BCUT2D eigenvalue weighted by Gasteiger charge is -2.27. The molecule has 0 aliphatic carbocycles. The van der Waals surface area contributed by atoms with Crippen LogP contribution in [0, 0.1) is 0 Å². The number of nitrogens with one attached hydrogen (secondary N) is 1. The molecule has 0 unspecified atom stereocenters. The second kappa shape index (κ2) is 9.62. The predicted octanol–water partition coefficient (Wildman–Crippen LogP) is 2.98. The van der Waals surface area contributed by atoms with E-state index in [0.29, 0.717) is 30.2 Å². The average Bonchev–Trinajstić information content (AvgIpc) is 3.16. The molecule has 1 fully saturated rings. The van der Waals surface area contributed by atoms with E-state index in [0.717, 1.165) is 5.75 Å². The molecule has 4 rings (SSSR count). The van der Waals surface area contributed by atoms with E-state index >= 15 is 0 Å². The van der Waals surface area contributed by atoms with Crippen molar-refractivity contribution in [2.24, 2.45) is 5.10 Å². The van der Waals surface area contributed by atoms with Crippen molar-refractivity contribution in [3.8, 4) is 17.2 Å². The number of amides is 2. The van der Waals surface area contributed by atoms with Crippen LogP contribution in [0.25, 0.3) is 0 Å².